The maximum absolute atomic E-state index is 13.0. The van der Waals surface area contributed by atoms with Gasteiger partial charge in [0.25, 0.3) is 15.9 Å². The summed E-state index contributed by atoms with van der Waals surface area (Å²) < 4.78 is 55.2. The highest BCUT2D eigenvalue weighted by Gasteiger charge is 2.30. The van der Waals surface area contributed by atoms with E-state index in [9.17, 15) is 21.6 Å². The molecule has 3 rings (SSSR count). The van der Waals surface area contributed by atoms with Crippen molar-refractivity contribution in [2.75, 3.05) is 30.9 Å². The van der Waals surface area contributed by atoms with Crippen molar-refractivity contribution in [3.05, 3.63) is 47.5 Å². The Hall–Kier alpha value is -2.76. The molecule has 0 fully saturated rings. The molecule has 0 saturated carbocycles. The summed E-state index contributed by atoms with van der Waals surface area (Å²) in [7, 11) is -4.79. The summed E-state index contributed by atoms with van der Waals surface area (Å²) in [6.07, 6.45) is 0. The number of benzene rings is 2. The molecule has 0 aromatic heterocycles. The third kappa shape index (κ3) is 4.94. The van der Waals surface area contributed by atoms with Crippen LogP contribution in [-0.2, 0) is 20.0 Å². The highest BCUT2D eigenvalue weighted by Crippen LogP contribution is 2.33. The van der Waals surface area contributed by atoms with Crippen molar-refractivity contribution in [1.29, 1.82) is 0 Å². The van der Waals surface area contributed by atoms with Crippen LogP contribution < -0.4 is 10.2 Å². The SMILES string of the molecule is CC1=NS(=O)(=O)c2cc(C(=O)Nc3cc(S(=O)(=O)N(C)C)ccc3C)ccc2N1CC(C)C. The summed E-state index contributed by atoms with van der Waals surface area (Å²) in [6.45, 7) is 7.99. The van der Waals surface area contributed by atoms with Crippen LogP contribution in [0.1, 0.15) is 36.7 Å². The van der Waals surface area contributed by atoms with E-state index in [1.54, 1.807) is 32.0 Å². The van der Waals surface area contributed by atoms with Gasteiger partial charge in [0.2, 0.25) is 10.0 Å². The van der Waals surface area contributed by atoms with E-state index in [0.717, 1.165) is 4.31 Å². The normalized spacial score (nSPS) is 15.4. The van der Waals surface area contributed by atoms with E-state index in [-0.39, 0.29) is 21.3 Å². The summed E-state index contributed by atoms with van der Waals surface area (Å²) in [5.74, 6) is 0.0839. The first-order valence-electron chi connectivity index (χ1n) is 10.3. The Morgan fingerprint density at radius 1 is 1.12 bits per heavy atom. The molecule has 33 heavy (non-hydrogen) atoms. The molecular formula is C22H28N4O5S2. The second kappa shape index (κ2) is 8.88. The van der Waals surface area contributed by atoms with Crippen LogP contribution >= 0.6 is 0 Å². The zero-order valence-electron chi connectivity index (χ0n) is 19.4. The van der Waals surface area contributed by atoms with Gasteiger partial charge in [0.15, 0.2) is 0 Å². The van der Waals surface area contributed by atoms with Gasteiger partial charge in [-0.15, -0.1) is 4.40 Å². The maximum Gasteiger partial charge on any atom is 0.286 e. The number of nitrogens with one attached hydrogen (secondary N) is 1. The number of hydrogen-bond acceptors (Lipinski definition) is 6. The standard InChI is InChI=1S/C22H28N4O5S2/c1-14(2)13-26-16(4)24-32(28,29)21-11-17(8-10-20(21)26)22(27)23-19-12-18(9-7-15(19)3)33(30,31)25(5)6/h7-12,14H,13H2,1-6H3,(H,23,27). The molecule has 0 atom stereocenters. The zero-order valence-corrected chi connectivity index (χ0v) is 21.1. The molecule has 0 saturated heterocycles. The van der Waals surface area contributed by atoms with Crippen LogP contribution in [0.4, 0.5) is 11.4 Å². The molecule has 2 aromatic rings. The minimum absolute atomic E-state index is 0.0376. The summed E-state index contributed by atoms with van der Waals surface area (Å²) >= 11 is 0. The Morgan fingerprint density at radius 2 is 1.79 bits per heavy atom. The van der Waals surface area contributed by atoms with Crippen LogP contribution in [0.2, 0.25) is 0 Å². The lowest BCUT2D eigenvalue weighted by Crippen LogP contribution is -2.36. The van der Waals surface area contributed by atoms with E-state index in [0.29, 0.717) is 29.3 Å². The first-order valence-corrected chi connectivity index (χ1v) is 13.2. The van der Waals surface area contributed by atoms with Crippen molar-refractivity contribution in [1.82, 2.24) is 4.31 Å². The van der Waals surface area contributed by atoms with Crippen LogP contribution in [0.25, 0.3) is 0 Å². The zero-order chi connectivity index (χ0) is 24.7. The molecule has 11 heteroatoms. The van der Waals surface area contributed by atoms with Crippen molar-refractivity contribution in [3.8, 4) is 0 Å². The predicted octanol–water partition coefficient (Wildman–Crippen LogP) is 3.08. The van der Waals surface area contributed by atoms with Gasteiger partial charge >= 0.3 is 0 Å². The van der Waals surface area contributed by atoms with Gasteiger partial charge in [-0.25, -0.2) is 12.7 Å². The molecular weight excluding hydrogens is 464 g/mol. The van der Waals surface area contributed by atoms with E-state index in [1.165, 1.54) is 32.3 Å². The van der Waals surface area contributed by atoms with Crippen LogP contribution in [0.3, 0.4) is 0 Å². The fraction of sp³-hybridized carbons (Fsp3) is 0.364. The van der Waals surface area contributed by atoms with Gasteiger partial charge in [0.05, 0.1) is 10.6 Å². The fourth-order valence-electron chi connectivity index (χ4n) is 3.43. The molecule has 0 spiro atoms. The van der Waals surface area contributed by atoms with E-state index in [4.69, 9.17) is 0 Å². The summed E-state index contributed by atoms with van der Waals surface area (Å²) in [5, 5.41) is 2.70. The minimum atomic E-state index is -3.95. The van der Waals surface area contributed by atoms with Gasteiger partial charge in [0.1, 0.15) is 10.7 Å². The molecule has 2 aromatic carbocycles. The lowest BCUT2D eigenvalue weighted by molar-refractivity contribution is 0.102. The van der Waals surface area contributed by atoms with E-state index in [2.05, 4.69) is 9.71 Å². The number of rotatable bonds is 6. The molecule has 178 valence electrons. The third-order valence-corrected chi connectivity index (χ3v) is 8.42. The van der Waals surface area contributed by atoms with Crippen molar-refractivity contribution in [2.45, 2.75) is 37.5 Å². The molecule has 0 radical (unpaired) electrons. The number of amidine groups is 1. The van der Waals surface area contributed by atoms with Gasteiger partial charge in [-0.2, -0.15) is 8.42 Å². The van der Waals surface area contributed by atoms with Crippen molar-refractivity contribution < 1.29 is 21.6 Å². The molecule has 1 aliphatic heterocycles. The Kier molecular flexibility index (Phi) is 6.69. The topological polar surface area (TPSA) is 116 Å². The number of nitrogens with zero attached hydrogens (tertiary/aromatic N) is 3. The van der Waals surface area contributed by atoms with Gasteiger partial charge in [-0.3, -0.25) is 4.79 Å². The van der Waals surface area contributed by atoms with Crippen LogP contribution in [0.15, 0.2) is 50.6 Å². The highest BCUT2D eigenvalue weighted by atomic mass is 32.2. The second-order valence-electron chi connectivity index (χ2n) is 8.52. The van der Waals surface area contributed by atoms with Gasteiger partial charge < -0.3 is 10.2 Å². The number of anilines is 2. The number of hydrogen-bond donors (Lipinski definition) is 1. The molecule has 1 heterocycles. The Labute approximate surface area is 195 Å². The third-order valence-electron chi connectivity index (χ3n) is 5.22. The Bertz CT molecular complexity index is 1350. The summed E-state index contributed by atoms with van der Waals surface area (Å²) in [5.41, 5.74) is 1.58. The number of aryl methyl sites for hydroxylation is 1. The average molecular weight is 493 g/mol. The van der Waals surface area contributed by atoms with Crippen LogP contribution in [0.5, 0.6) is 0 Å². The second-order valence-corrected chi connectivity index (χ2v) is 12.2. The number of carbonyl (C=O) groups excluding carboxylic acids is 1. The number of carbonyl (C=O) groups is 1. The molecule has 1 amide bonds. The maximum atomic E-state index is 13.0. The Balaban J connectivity index is 1.98. The van der Waals surface area contributed by atoms with E-state index in [1.807, 2.05) is 18.7 Å². The summed E-state index contributed by atoms with van der Waals surface area (Å²) in [6, 6.07) is 8.91. The van der Waals surface area contributed by atoms with Crippen molar-refractivity contribution >= 4 is 43.2 Å². The Morgan fingerprint density at radius 3 is 2.39 bits per heavy atom. The lowest BCUT2D eigenvalue weighted by atomic mass is 10.1. The molecule has 0 bridgehead atoms. The van der Waals surface area contributed by atoms with Crippen LogP contribution in [0, 0.1) is 12.8 Å². The monoisotopic (exact) mass is 492 g/mol. The predicted molar refractivity (Wildman–Crippen MR) is 129 cm³/mol. The van der Waals surface area contributed by atoms with Crippen molar-refractivity contribution in [2.24, 2.45) is 10.3 Å². The molecule has 0 aliphatic carbocycles. The summed E-state index contributed by atoms with van der Waals surface area (Å²) in [4.78, 5) is 14.8. The van der Waals surface area contributed by atoms with Gasteiger partial charge in [0, 0.05) is 31.9 Å². The minimum Gasteiger partial charge on any atom is -0.328 e. The molecule has 0 unspecified atom stereocenters. The lowest BCUT2D eigenvalue weighted by Gasteiger charge is -2.30. The van der Waals surface area contributed by atoms with Gasteiger partial charge in [-0.05, 0) is 55.7 Å². The largest absolute Gasteiger partial charge is 0.328 e. The first-order chi connectivity index (χ1) is 15.2. The van der Waals surface area contributed by atoms with E-state index < -0.39 is 26.0 Å². The smallest absolute Gasteiger partial charge is 0.286 e. The fourth-order valence-corrected chi connectivity index (χ4v) is 5.62. The quantitative estimate of drug-likeness (QED) is 0.662. The highest BCUT2D eigenvalue weighted by molar-refractivity contribution is 7.90. The molecule has 1 aliphatic rings. The van der Waals surface area contributed by atoms with Crippen molar-refractivity contribution in [3.63, 3.8) is 0 Å². The number of amides is 1. The van der Waals surface area contributed by atoms with Gasteiger partial charge in [-0.1, -0.05) is 19.9 Å². The average Bonchev–Trinajstić information content (AvgIpc) is 2.71. The number of fused-ring (bicyclic) bond motifs is 1. The van der Waals surface area contributed by atoms with Crippen LogP contribution in [-0.4, -0.2) is 53.5 Å². The van der Waals surface area contributed by atoms with E-state index >= 15 is 0 Å². The first kappa shape index (κ1) is 24.9. The molecule has 9 nitrogen and oxygen atoms in total. The molecule has 1 N–H and O–H groups in total. The number of sulfonamides is 2.